The third-order valence-corrected chi connectivity index (χ3v) is 4.66. The zero-order valence-corrected chi connectivity index (χ0v) is 13.5. The fourth-order valence-electron chi connectivity index (χ4n) is 3.34. The van der Waals surface area contributed by atoms with Crippen molar-refractivity contribution in [2.24, 2.45) is 5.92 Å². The summed E-state index contributed by atoms with van der Waals surface area (Å²) in [4.78, 5) is 24.4. The van der Waals surface area contributed by atoms with E-state index in [1.54, 1.807) is 12.4 Å². The molecule has 1 aliphatic rings. The Morgan fingerprint density at radius 3 is 2.83 bits per heavy atom. The topological polar surface area (TPSA) is 70.7 Å². The summed E-state index contributed by atoms with van der Waals surface area (Å²) in [5.74, 6) is 1.08. The molecule has 0 aliphatic heterocycles. The van der Waals surface area contributed by atoms with Gasteiger partial charge in [0.15, 0.2) is 0 Å². The molecule has 3 aromatic rings. The number of H-pyrrole nitrogens is 1. The molecule has 0 unspecified atom stereocenters. The van der Waals surface area contributed by atoms with E-state index in [-0.39, 0.29) is 11.8 Å². The lowest BCUT2D eigenvalue weighted by atomic mass is 9.88. The average Bonchev–Trinajstić information content (AvgIpc) is 3.06. The van der Waals surface area contributed by atoms with E-state index < -0.39 is 0 Å². The minimum Gasteiger partial charge on any atom is -0.338 e. The Balaban J connectivity index is 1.56. The fourth-order valence-corrected chi connectivity index (χ4v) is 3.34. The predicted octanol–water partition coefficient (Wildman–Crippen LogP) is 4.14. The summed E-state index contributed by atoms with van der Waals surface area (Å²) in [5, 5.41) is 3.05. The van der Waals surface area contributed by atoms with Gasteiger partial charge in [0, 0.05) is 29.6 Å². The van der Waals surface area contributed by atoms with E-state index in [0.717, 1.165) is 53.8 Å². The highest BCUT2D eigenvalue weighted by molar-refractivity contribution is 5.94. The lowest BCUT2D eigenvalue weighted by Crippen LogP contribution is -2.24. The number of hydrogen-bond acceptors (Lipinski definition) is 3. The zero-order valence-electron chi connectivity index (χ0n) is 13.5. The molecule has 1 aliphatic carbocycles. The normalized spacial score (nSPS) is 15.5. The third kappa shape index (κ3) is 3.02. The molecule has 4 rings (SSSR count). The van der Waals surface area contributed by atoms with Crippen LogP contribution in [0.2, 0.25) is 0 Å². The molecule has 5 nitrogen and oxygen atoms in total. The number of carbonyl (C=O) groups excluding carboxylic acids is 1. The van der Waals surface area contributed by atoms with E-state index in [1.165, 1.54) is 6.42 Å². The van der Waals surface area contributed by atoms with E-state index in [9.17, 15) is 4.79 Å². The number of fused-ring (bicyclic) bond motifs is 1. The summed E-state index contributed by atoms with van der Waals surface area (Å²) in [6.07, 6.45) is 9.10. The Hall–Kier alpha value is -2.69. The van der Waals surface area contributed by atoms with Crippen molar-refractivity contribution >= 4 is 22.6 Å². The van der Waals surface area contributed by atoms with E-state index in [4.69, 9.17) is 0 Å². The van der Waals surface area contributed by atoms with Crippen LogP contribution in [0.5, 0.6) is 0 Å². The summed E-state index contributed by atoms with van der Waals surface area (Å²) >= 11 is 0. The molecule has 2 aromatic heterocycles. The second-order valence-corrected chi connectivity index (χ2v) is 6.38. The van der Waals surface area contributed by atoms with Crippen LogP contribution in [0.1, 0.15) is 32.1 Å². The number of amides is 1. The van der Waals surface area contributed by atoms with Crippen molar-refractivity contribution in [3.8, 4) is 11.4 Å². The Morgan fingerprint density at radius 2 is 2.04 bits per heavy atom. The molecule has 0 bridgehead atoms. The number of aromatic amines is 1. The first-order chi connectivity index (χ1) is 11.8. The molecule has 1 amide bonds. The number of aromatic nitrogens is 3. The number of carbonyl (C=O) groups is 1. The summed E-state index contributed by atoms with van der Waals surface area (Å²) in [7, 11) is 0. The van der Waals surface area contributed by atoms with Crippen molar-refractivity contribution in [3.05, 3.63) is 42.7 Å². The summed E-state index contributed by atoms with van der Waals surface area (Å²) in [6, 6.07) is 9.65. The van der Waals surface area contributed by atoms with Crippen LogP contribution in [0.15, 0.2) is 42.7 Å². The molecule has 0 spiro atoms. The van der Waals surface area contributed by atoms with Gasteiger partial charge >= 0.3 is 0 Å². The summed E-state index contributed by atoms with van der Waals surface area (Å²) in [5.41, 5.74) is 3.56. The van der Waals surface area contributed by atoms with Crippen LogP contribution >= 0.6 is 0 Å². The molecule has 0 atom stereocenters. The summed E-state index contributed by atoms with van der Waals surface area (Å²) in [6.45, 7) is 0. The van der Waals surface area contributed by atoms with Crippen LogP contribution in [0.25, 0.3) is 22.4 Å². The van der Waals surface area contributed by atoms with Gasteiger partial charge in [-0.15, -0.1) is 0 Å². The van der Waals surface area contributed by atoms with Gasteiger partial charge in [-0.05, 0) is 43.2 Å². The maximum atomic E-state index is 12.4. The molecular weight excluding hydrogens is 300 g/mol. The number of pyridine rings is 1. The number of imidazole rings is 1. The first-order valence-corrected chi connectivity index (χ1v) is 8.50. The van der Waals surface area contributed by atoms with Crippen LogP contribution < -0.4 is 5.32 Å². The standard InChI is InChI=1S/C19H20N4O/c24-19(13-5-2-1-3-6-13)21-15-8-9-16-17(11-15)23-18(22-16)14-7-4-10-20-12-14/h4,7-13H,1-3,5-6H2,(H,21,24)(H,22,23). The van der Waals surface area contributed by atoms with Crippen molar-refractivity contribution < 1.29 is 4.79 Å². The SMILES string of the molecule is O=C(Nc1ccc2nc(-c3cccnc3)[nH]c2c1)C1CCCCC1. The molecule has 1 saturated carbocycles. The number of benzene rings is 1. The second-order valence-electron chi connectivity index (χ2n) is 6.38. The smallest absolute Gasteiger partial charge is 0.227 e. The number of nitrogens with zero attached hydrogens (tertiary/aromatic N) is 2. The first-order valence-electron chi connectivity index (χ1n) is 8.50. The average molecular weight is 320 g/mol. The molecule has 122 valence electrons. The van der Waals surface area contributed by atoms with Crippen LogP contribution in [0.3, 0.4) is 0 Å². The predicted molar refractivity (Wildman–Crippen MR) is 94.5 cm³/mol. The Bertz CT molecular complexity index is 850. The van der Waals surface area contributed by atoms with Gasteiger partial charge in [-0.2, -0.15) is 0 Å². The molecule has 5 heteroatoms. The van der Waals surface area contributed by atoms with Crippen LogP contribution in [0.4, 0.5) is 5.69 Å². The van der Waals surface area contributed by atoms with Crippen LogP contribution in [-0.4, -0.2) is 20.9 Å². The van der Waals surface area contributed by atoms with Crippen molar-refractivity contribution in [2.75, 3.05) is 5.32 Å². The van der Waals surface area contributed by atoms with Crippen molar-refractivity contribution in [2.45, 2.75) is 32.1 Å². The van der Waals surface area contributed by atoms with Crippen molar-refractivity contribution in [1.82, 2.24) is 15.0 Å². The molecule has 2 heterocycles. The minimum atomic E-state index is 0.140. The van der Waals surface area contributed by atoms with E-state index in [1.807, 2.05) is 30.3 Å². The molecule has 1 fully saturated rings. The summed E-state index contributed by atoms with van der Waals surface area (Å²) < 4.78 is 0. The largest absolute Gasteiger partial charge is 0.338 e. The Labute approximate surface area is 140 Å². The van der Waals surface area contributed by atoms with E-state index in [0.29, 0.717) is 0 Å². The molecule has 1 aromatic carbocycles. The molecular formula is C19H20N4O. The van der Waals surface area contributed by atoms with Gasteiger partial charge in [0.2, 0.25) is 5.91 Å². The van der Waals surface area contributed by atoms with E-state index in [2.05, 4.69) is 20.3 Å². The van der Waals surface area contributed by atoms with Gasteiger partial charge < -0.3 is 10.3 Å². The third-order valence-electron chi connectivity index (χ3n) is 4.66. The fraction of sp³-hybridized carbons (Fsp3) is 0.316. The van der Waals surface area contributed by atoms with Gasteiger partial charge in [-0.25, -0.2) is 4.98 Å². The maximum Gasteiger partial charge on any atom is 0.227 e. The number of rotatable bonds is 3. The lowest BCUT2D eigenvalue weighted by molar-refractivity contribution is -0.120. The van der Waals surface area contributed by atoms with E-state index >= 15 is 0 Å². The second kappa shape index (κ2) is 6.43. The molecule has 2 N–H and O–H groups in total. The highest BCUT2D eigenvalue weighted by atomic mass is 16.1. The quantitative estimate of drug-likeness (QED) is 0.762. The highest BCUT2D eigenvalue weighted by Crippen LogP contribution is 2.26. The van der Waals surface area contributed by atoms with Gasteiger partial charge in [-0.3, -0.25) is 9.78 Å². The number of hydrogen-bond donors (Lipinski definition) is 2. The van der Waals surface area contributed by atoms with Gasteiger partial charge in [-0.1, -0.05) is 19.3 Å². The van der Waals surface area contributed by atoms with Crippen molar-refractivity contribution in [1.29, 1.82) is 0 Å². The minimum absolute atomic E-state index is 0.140. The Kier molecular flexibility index (Phi) is 3.99. The lowest BCUT2D eigenvalue weighted by Gasteiger charge is -2.20. The van der Waals surface area contributed by atoms with Crippen LogP contribution in [0, 0.1) is 5.92 Å². The first kappa shape index (κ1) is 14.9. The van der Waals surface area contributed by atoms with Gasteiger partial charge in [0.25, 0.3) is 0 Å². The van der Waals surface area contributed by atoms with Gasteiger partial charge in [0.1, 0.15) is 5.82 Å². The monoisotopic (exact) mass is 320 g/mol. The maximum absolute atomic E-state index is 12.4. The van der Waals surface area contributed by atoms with Crippen LogP contribution in [-0.2, 0) is 4.79 Å². The highest BCUT2D eigenvalue weighted by Gasteiger charge is 2.21. The van der Waals surface area contributed by atoms with Gasteiger partial charge in [0.05, 0.1) is 11.0 Å². The zero-order chi connectivity index (χ0) is 16.4. The molecule has 0 radical (unpaired) electrons. The molecule has 24 heavy (non-hydrogen) atoms. The Morgan fingerprint density at radius 1 is 1.17 bits per heavy atom. The molecule has 0 saturated heterocycles. The number of nitrogens with one attached hydrogen (secondary N) is 2. The number of anilines is 1. The van der Waals surface area contributed by atoms with Crippen molar-refractivity contribution in [3.63, 3.8) is 0 Å².